The van der Waals surface area contributed by atoms with Gasteiger partial charge in [0.05, 0.1) is 32.3 Å². The van der Waals surface area contributed by atoms with E-state index in [4.69, 9.17) is 9.47 Å². The summed E-state index contributed by atoms with van der Waals surface area (Å²) in [4.78, 5) is 14.1. The van der Waals surface area contributed by atoms with Crippen molar-refractivity contribution in [3.63, 3.8) is 0 Å². The minimum atomic E-state index is -0.343. The van der Waals surface area contributed by atoms with Gasteiger partial charge < -0.3 is 14.5 Å². The van der Waals surface area contributed by atoms with E-state index in [9.17, 15) is 0 Å². The number of aromatic nitrogens is 3. The summed E-state index contributed by atoms with van der Waals surface area (Å²) in [6, 6.07) is 6.69. The molecule has 0 aliphatic carbocycles. The number of halogens is 1. The Balaban J connectivity index is 1.79. The molecule has 2 aromatic heterocycles. The molecular weight excluding hydrogens is 347 g/mol. The van der Waals surface area contributed by atoms with Gasteiger partial charge in [-0.05, 0) is 17.7 Å². The Morgan fingerprint density at radius 1 is 1.26 bits per heavy atom. The molecule has 4 rings (SSSR count). The lowest BCUT2D eigenvalue weighted by molar-refractivity contribution is 0.196. The minimum absolute atomic E-state index is 0.319. The molecule has 0 unspecified atom stereocenters. The van der Waals surface area contributed by atoms with Crippen molar-refractivity contribution in [1.29, 1.82) is 0 Å². The van der Waals surface area contributed by atoms with E-state index in [1.807, 2.05) is 18.3 Å². The number of fused-ring (bicyclic) bond motifs is 1. The average Bonchev–Trinajstić information content (AvgIpc) is 3.17. The molecule has 3 aromatic rings. The number of hydrogen-bond donors (Lipinski definition) is 1. The quantitative estimate of drug-likeness (QED) is 0.750. The minimum Gasteiger partial charge on any atom is -0.493 e. The summed E-state index contributed by atoms with van der Waals surface area (Å²) in [6.07, 6.45) is 6.09. The Bertz CT molecular complexity index is 929. The number of hydrogen-bond acceptors (Lipinski definition) is 5. The lowest BCUT2D eigenvalue weighted by atomic mass is 9.94. The summed E-state index contributed by atoms with van der Waals surface area (Å²) < 4.78 is 25.7. The number of methoxy groups -OCH3 is 2. The molecule has 140 valence electrons. The molecule has 3 heterocycles. The normalized spacial score (nSPS) is 16.8. The maximum absolute atomic E-state index is 15.0. The van der Waals surface area contributed by atoms with Gasteiger partial charge in [-0.1, -0.05) is 6.07 Å². The van der Waals surface area contributed by atoms with Crippen LogP contribution in [0.4, 0.5) is 4.39 Å². The summed E-state index contributed by atoms with van der Waals surface area (Å²) in [6.45, 7) is 1.43. The zero-order valence-corrected chi connectivity index (χ0v) is 15.3. The number of benzene rings is 1. The highest BCUT2D eigenvalue weighted by molar-refractivity contribution is 5.47. The van der Waals surface area contributed by atoms with Crippen molar-refractivity contribution in [1.82, 2.24) is 19.9 Å². The van der Waals surface area contributed by atoms with Gasteiger partial charge in [0.25, 0.3) is 0 Å². The highest BCUT2D eigenvalue weighted by Crippen LogP contribution is 2.39. The van der Waals surface area contributed by atoms with E-state index in [-0.39, 0.29) is 11.9 Å². The van der Waals surface area contributed by atoms with Crippen LogP contribution in [0.25, 0.3) is 0 Å². The van der Waals surface area contributed by atoms with E-state index in [0.29, 0.717) is 23.6 Å². The average molecular weight is 368 g/mol. The highest BCUT2D eigenvalue weighted by atomic mass is 19.1. The topological polar surface area (TPSA) is 63.3 Å². The fourth-order valence-electron chi connectivity index (χ4n) is 3.64. The third-order valence-electron chi connectivity index (χ3n) is 4.93. The van der Waals surface area contributed by atoms with Gasteiger partial charge in [0, 0.05) is 49.2 Å². The molecule has 0 bridgehead atoms. The molecule has 1 N–H and O–H groups in total. The standard InChI is InChI=1S/C20H21FN4O2/c1-26-17-8-14(15(21)9-18(17)27-2)20-19-16(23-12-24-19)5-7-25(20)11-13-4-3-6-22-10-13/h3-4,6,8-10,12,20H,5,7,11H2,1-2H3,(H,23,24)/t20-/m1/s1. The van der Waals surface area contributed by atoms with Crippen LogP contribution in [0.1, 0.15) is 28.6 Å². The van der Waals surface area contributed by atoms with Crippen LogP contribution < -0.4 is 9.47 Å². The molecule has 0 spiro atoms. The van der Waals surface area contributed by atoms with Crippen LogP contribution in [0.2, 0.25) is 0 Å². The van der Waals surface area contributed by atoms with E-state index < -0.39 is 0 Å². The molecule has 27 heavy (non-hydrogen) atoms. The van der Waals surface area contributed by atoms with Crippen molar-refractivity contribution < 1.29 is 13.9 Å². The number of nitrogens with zero attached hydrogens (tertiary/aromatic N) is 3. The summed E-state index contributed by atoms with van der Waals surface area (Å²) in [5, 5.41) is 0. The number of pyridine rings is 1. The van der Waals surface area contributed by atoms with Crippen LogP contribution in [-0.2, 0) is 13.0 Å². The van der Waals surface area contributed by atoms with E-state index in [0.717, 1.165) is 29.9 Å². The lowest BCUT2D eigenvalue weighted by Gasteiger charge is -2.35. The number of H-pyrrole nitrogens is 1. The third-order valence-corrected chi connectivity index (χ3v) is 4.93. The van der Waals surface area contributed by atoms with E-state index in [1.165, 1.54) is 13.2 Å². The predicted molar refractivity (Wildman–Crippen MR) is 98.3 cm³/mol. The molecule has 1 aromatic carbocycles. The van der Waals surface area contributed by atoms with Gasteiger partial charge in [0.1, 0.15) is 5.82 Å². The van der Waals surface area contributed by atoms with E-state index in [2.05, 4.69) is 19.9 Å². The molecule has 1 aliphatic heterocycles. The first kappa shape index (κ1) is 17.5. The molecule has 7 heteroatoms. The summed E-state index contributed by atoms with van der Waals surface area (Å²) in [7, 11) is 3.05. The Morgan fingerprint density at radius 2 is 2.07 bits per heavy atom. The maximum Gasteiger partial charge on any atom is 0.163 e. The monoisotopic (exact) mass is 368 g/mol. The molecular formula is C20H21FN4O2. The van der Waals surface area contributed by atoms with Crippen LogP contribution in [0.5, 0.6) is 11.5 Å². The zero-order chi connectivity index (χ0) is 18.8. The summed E-state index contributed by atoms with van der Waals surface area (Å²) in [5.41, 5.74) is 3.47. The Morgan fingerprint density at radius 3 is 2.81 bits per heavy atom. The van der Waals surface area contributed by atoms with Crippen LogP contribution in [0.15, 0.2) is 43.0 Å². The van der Waals surface area contributed by atoms with Crippen molar-refractivity contribution in [2.24, 2.45) is 0 Å². The lowest BCUT2D eigenvalue weighted by Crippen LogP contribution is -2.36. The third kappa shape index (κ3) is 3.26. The number of aromatic amines is 1. The van der Waals surface area contributed by atoms with E-state index in [1.54, 1.807) is 25.7 Å². The molecule has 1 atom stereocenters. The van der Waals surface area contributed by atoms with Gasteiger partial charge in [0.2, 0.25) is 0 Å². The molecule has 1 aliphatic rings. The molecule has 0 amide bonds. The first-order valence-electron chi connectivity index (χ1n) is 8.77. The number of nitrogens with one attached hydrogen (secondary N) is 1. The highest BCUT2D eigenvalue weighted by Gasteiger charge is 2.33. The Labute approximate surface area is 157 Å². The second-order valence-corrected chi connectivity index (χ2v) is 6.48. The van der Waals surface area contributed by atoms with Gasteiger partial charge in [-0.25, -0.2) is 9.37 Å². The fraction of sp³-hybridized carbons (Fsp3) is 0.300. The van der Waals surface area contributed by atoms with Crippen molar-refractivity contribution in [2.75, 3.05) is 20.8 Å². The largest absolute Gasteiger partial charge is 0.493 e. The van der Waals surface area contributed by atoms with Gasteiger partial charge in [-0.2, -0.15) is 0 Å². The fourth-order valence-corrected chi connectivity index (χ4v) is 3.64. The first-order chi connectivity index (χ1) is 13.2. The number of rotatable bonds is 5. The van der Waals surface area contributed by atoms with Gasteiger partial charge in [0.15, 0.2) is 11.5 Å². The number of ether oxygens (including phenoxy) is 2. The zero-order valence-electron chi connectivity index (χ0n) is 15.3. The molecule has 0 saturated heterocycles. The molecule has 6 nitrogen and oxygen atoms in total. The van der Waals surface area contributed by atoms with Crippen molar-refractivity contribution in [3.05, 3.63) is 71.3 Å². The van der Waals surface area contributed by atoms with Gasteiger partial charge in [-0.15, -0.1) is 0 Å². The molecule has 0 fully saturated rings. The summed E-state index contributed by atoms with van der Waals surface area (Å²) in [5.74, 6) is 0.526. The van der Waals surface area contributed by atoms with Crippen LogP contribution >= 0.6 is 0 Å². The van der Waals surface area contributed by atoms with Crippen LogP contribution in [0.3, 0.4) is 0 Å². The molecule has 0 radical (unpaired) electrons. The van der Waals surface area contributed by atoms with E-state index >= 15 is 4.39 Å². The van der Waals surface area contributed by atoms with Gasteiger partial charge >= 0.3 is 0 Å². The number of imidazole rings is 1. The second kappa shape index (κ2) is 7.36. The van der Waals surface area contributed by atoms with Crippen molar-refractivity contribution in [3.8, 4) is 11.5 Å². The smallest absolute Gasteiger partial charge is 0.163 e. The SMILES string of the molecule is COc1cc(F)c([C@@H]2c3nc[nH]c3CCN2Cc2cccnc2)cc1OC. The van der Waals surface area contributed by atoms with Crippen molar-refractivity contribution in [2.45, 2.75) is 19.0 Å². The maximum atomic E-state index is 15.0. The Hall–Kier alpha value is -2.93. The molecule has 0 saturated carbocycles. The van der Waals surface area contributed by atoms with Crippen LogP contribution in [0, 0.1) is 5.82 Å². The first-order valence-corrected chi connectivity index (χ1v) is 8.77. The van der Waals surface area contributed by atoms with Crippen LogP contribution in [-0.4, -0.2) is 40.6 Å². The second-order valence-electron chi connectivity index (χ2n) is 6.48. The summed E-state index contributed by atoms with van der Waals surface area (Å²) >= 11 is 0. The van der Waals surface area contributed by atoms with Gasteiger partial charge in [-0.3, -0.25) is 9.88 Å². The van der Waals surface area contributed by atoms with Crippen molar-refractivity contribution >= 4 is 0 Å². The Kier molecular flexibility index (Phi) is 4.77. The predicted octanol–water partition coefficient (Wildman–Crippen LogP) is 3.11.